The molecule has 2 aliphatic rings. The molecule has 1 atom stereocenters. The normalized spacial score (nSPS) is 20.2. The van der Waals surface area contributed by atoms with E-state index in [1.54, 1.807) is 37.6 Å². The van der Waals surface area contributed by atoms with Gasteiger partial charge in [-0.25, -0.2) is 15.0 Å². The standard InChI is InChI=1S/C23H22N8O3/c1-30-10-8-23(33,21(30)32)20-11-19(29-34-20)17-4-2-3-16(27-17)18-7-9-24-22(28-18)26-14-12-25-31(13-14)15-5-6-15/h2-4,7,9,11-13,15,33H,5-6,8,10H2,1H3,(H,24,26,28)/t23-/m1/s1. The number of hydrogen-bond donors (Lipinski definition) is 2. The lowest BCUT2D eigenvalue weighted by Crippen LogP contribution is -2.35. The van der Waals surface area contributed by atoms with E-state index in [2.05, 4.69) is 30.5 Å². The molecule has 1 saturated heterocycles. The lowest BCUT2D eigenvalue weighted by Gasteiger charge is -2.16. The van der Waals surface area contributed by atoms with Gasteiger partial charge in [0.15, 0.2) is 5.76 Å². The molecule has 0 spiro atoms. The largest absolute Gasteiger partial charge is 0.373 e. The molecule has 4 aromatic rings. The summed E-state index contributed by atoms with van der Waals surface area (Å²) < 4.78 is 7.30. The van der Waals surface area contributed by atoms with Crippen molar-refractivity contribution < 1.29 is 14.4 Å². The van der Waals surface area contributed by atoms with Gasteiger partial charge < -0.3 is 19.8 Å². The van der Waals surface area contributed by atoms with Crippen molar-refractivity contribution in [1.29, 1.82) is 0 Å². The fourth-order valence-electron chi connectivity index (χ4n) is 4.03. The maximum absolute atomic E-state index is 12.4. The number of aromatic nitrogens is 6. The van der Waals surface area contributed by atoms with E-state index >= 15 is 0 Å². The molecule has 0 bridgehead atoms. The van der Waals surface area contributed by atoms with E-state index < -0.39 is 11.5 Å². The van der Waals surface area contributed by atoms with Crippen LogP contribution in [0.1, 0.15) is 31.1 Å². The number of rotatable bonds is 6. The molecule has 1 amide bonds. The first-order valence-electron chi connectivity index (χ1n) is 11.1. The predicted octanol–water partition coefficient (Wildman–Crippen LogP) is 2.52. The summed E-state index contributed by atoms with van der Waals surface area (Å²) in [5.74, 6) is 0.153. The monoisotopic (exact) mass is 458 g/mol. The van der Waals surface area contributed by atoms with Gasteiger partial charge in [0.25, 0.3) is 5.91 Å². The summed E-state index contributed by atoms with van der Waals surface area (Å²) in [5, 5.41) is 22.4. The molecular formula is C23H22N8O3. The van der Waals surface area contributed by atoms with Crippen molar-refractivity contribution >= 4 is 17.5 Å². The summed E-state index contributed by atoms with van der Waals surface area (Å²) >= 11 is 0. The van der Waals surface area contributed by atoms with Crippen LogP contribution < -0.4 is 5.32 Å². The number of anilines is 2. The van der Waals surface area contributed by atoms with Crippen LogP contribution in [-0.2, 0) is 10.4 Å². The van der Waals surface area contributed by atoms with Crippen LogP contribution in [-0.4, -0.2) is 59.4 Å². The molecule has 4 aromatic heterocycles. The summed E-state index contributed by atoms with van der Waals surface area (Å²) in [6, 6.07) is 9.29. The zero-order chi connectivity index (χ0) is 23.3. The molecule has 0 radical (unpaired) electrons. The highest BCUT2D eigenvalue weighted by molar-refractivity contribution is 5.87. The number of hydrogen-bond acceptors (Lipinski definition) is 9. The van der Waals surface area contributed by atoms with E-state index in [1.807, 2.05) is 23.0 Å². The van der Waals surface area contributed by atoms with Crippen molar-refractivity contribution in [3.05, 3.63) is 54.7 Å². The number of carbonyl (C=O) groups excluding carboxylic acids is 1. The van der Waals surface area contributed by atoms with Gasteiger partial charge >= 0.3 is 0 Å². The van der Waals surface area contributed by atoms with E-state index in [4.69, 9.17) is 4.52 Å². The first-order valence-corrected chi connectivity index (χ1v) is 11.1. The lowest BCUT2D eigenvalue weighted by molar-refractivity contribution is -0.144. The molecule has 11 heteroatoms. The molecule has 172 valence electrons. The average molecular weight is 458 g/mol. The zero-order valence-corrected chi connectivity index (χ0v) is 18.4. The predicted molar refractivity (Wildman–Crippen MR) is 121 cm³/mol. The van der Waals surface area contributed by atoms with Crippen LogP contribution in [0, 0.1) is 0 Å². The van der Waals surface area contributed by atoms with Crippen LogP contribution >= 0.6 is 0 Å². The quantitative estimate of drug-likeness (QED) is 0.447. The molecule has 6 rings (SSSR count). The molecule has 2 N–H and O–H groups in total. The molecule has 2 fully saturated rings. The third-order valence-electron chi connectivity index (χ3n) is 6.14. The van der Waals surface area contributed by atoms with Gasteiger partial charge in [0, 0.05) is 38.5 Å². The molecule has 1 aliphatic carbocycles. The fourth-order valence-corrected chi connectivity index (χ4v) is 4.03. The number of amides is 1. The second-order valence-electron chi connectivity index (χ2n) is 8.65. The van der Waals surface area contributed by atoms with Crippen LogP contribution in [0.5, 0.6) is 0 Å². The van der Waals surface area contributed by atoms with Gasteiger partial charge in [-0.2, -0.15) is 5.10 Å². The van der Waals surface area contributed by atoms with Crippen molar-refractivity contribution in [2.24, 2.45) is 0 Å². The molecule has 5 heterocycles. The average Bonchev–Trinajstić information content (AvgIpc) is 3.28. The van der Waals surface area contributed by atoms with Crippen LogP contribution in [0.4, 0.5) is 11.6 Å². The number of pyridine rings is 1. The smallest absolute Gasteiger partial charge is 0.262 e. The molecule has 0 unspecified atom stereocenters. The van der Waals surface area contributed by atoms with Crippen LogP contribution in [0.25, 0.3) is 22.8 Å². The SMILES string of the molecule is CN1CC[C@@](O)(c2cc(-c3cccc(-c4ccnc(Nc5cnn(C6CC6)c5)n4)n3)no2)C1=O. The minimum atomic E-state index is -1.70. The summed E-state index contributed by atoms with van der Waals surface area (Å²) in [4.78, 5) is 27.4. The zero-order valence-electron chi connectivity index (χ0n) is 18.4. The van der Waals surface area contributed by atoms with Crippen molar-refractivity contribution in [3.63, 3.8) is 0 Å². The van der Waals surface area contributed by atoms with Crippen molar-refractivity contribution in [3.8, 4) is 22.8 Å². The third-order valence-corrected chi connectivity index (χ3v) is 6.14. The number of aliphatic hydroxyl groups is 1. The third kappa shape index (κ3) is 3.59. The van der Waals surface area contributed by atoms with Crippen molar-refractivity contribution in [2.75, 3.05) is 18.9 Å². The summed E-state index contributed by atoms with van der Waals surface area (Å²) in [6.07, 6.45) is 7.95. The highest BCUT2D eigenvalue weighted by atomic mass is 16.5. The Balaban J connectivity index is 1.24. The molecule has 1 aliphatic heterocycles. The van der Waals surface area contributed by atoms with E-state index in [9.17, 15) is 9.90 Å². The van der Waals surface area contributed by atoms with E-state index in [0.717, 1.165) is 18.5 Å². The van der Waals surface area contributed by atoms with E-state index in [0.29, 0.717) is 41.3 Å². The van der Waals surface area contributed by atoms with Gasteiger partial charge in [-0.1, -0.05) is 11.2 Å². The van der Waals surface area contributed by atoms with Gasteiger partial charge in [0.05, 0.1) is 35.0 Å². The lowest BCUT2D eigenvalue weighted by atomic mass is 9.98. The van der Waals surface area contributed by atoms with Crippen molar-refractivity contribution in [1.82, 2.24) is 34.8 Å². The topological polar surface area (TPSA) is 135 Å². The fraction of sp³-hybridized carbons (Fsp3) is 0.304. The second-order valence-corrected chi connectivity index (χ2v) is 8.65. The Labute approximate surface area is 194 Å². The van der Waals surface area contributed by atoms with Crippen LogP contribution in [0.3, 0.4) is 0 Å². The highest BCUT2D eigenvalue weighted by Crippen LogP contribution is 2.35. The van der Waals surface area contributed by atoms with Gasteiger partial charge in [0.1, 0.15) is 5.69 Å². The number of nitrogens with zero attached hydrogens (tertiary/aromatic N) is 7. The van der Waals surface area contributed by atoms with E-state index in [1.165, 1.54) is 4.90 Å². The van der Waals surface area contributed by atoms with Gasteiger partial charge in [-0.15, -0.1) is 0 Å². The molecule has 0 aromatic carbocycles. The molecule has 11 nitrogen and oxygen atoms in total. The highest BCUT2D eigenvalue weighted by Gasteiger charge is 2.48. The summed E-state index contributed by atoms with van der Waals surface area (Å²) in [6.45, 7) is 0.449. The number of nitrogens with one attached hydrogen (secondary N) is 1. The van der Waals surface area contributed by atoms with Gasteiger partial charge in [-0.3, -0.25) is 9.48 Å². The molecule has 1 saturated carbocycles. The first-order chi connectivity index (χ1) is 16.5. The number of carbonyl (C=O) groups is 1. The van der Waals surface area contributed by atoms with Crippen LogP contribution in [0.2, 0.25) is 0 Å². The van der Waals surface area contributed by atoms with Gasteiger partial charge in [0.2, 0.25) is 11.5 Å². The Morgan fingerprint density at radius 2 is 1.94 bits per heavy atom. The minimum Gasteiger partial charge on any atom is -0.373 e. The van der Waals surface area contributed by atoms with E-state index in [-0.39, 0.29) is 12.2 Å². The minimum absolute atomic E-state index is 0.115. The van der Waals surface area contributed by atoms with Gasteiger partial charge in [-0.05, 0) is 31.0 Å². The summed E-state index contributed by atoms with van der Waals surface area (Å²) in [5.41, 5.74) is 1.34. The Morgan fingerprint density at radius 1 is 1.15 bits per heavy atom. The maximum Gasteiger partial charge on any atom is 0.262 e. The Morgan fingerprint density at radius 3 is 2.71 bits per heavy atom. The summed E-state index contributed by atoms with van der Waals surface area (Å²) in [7, 11) is 1.65. The first kappa shape index (κ1) is 20.5. The Bertz CT molecular complexity index is 1380. The maximum atomic E-state index is 12.4. The number of likely N-dealkylation sites (N-methyl/N-ethyl adjacent to an activating group) is 1. The van der Waals surface area contributed by atoms with Crippen molar-refractivity contribution in [2.45, 2.75) is 30.9 Å². The van der Waals surface area contributed by atoms with Crippen LogP contribution in [0.15, 0.2) is 53.4 Å². The second kappa shape index (κ2) is 7.73. The Kier molecular flexibility index (Phi) is 4.66. The molecule has 34 heavy (non-hydrogen) atoms. The Hall–Kier alpha value is -4.12. The molecular weight excluding hydrogens is 436 g/mol. The number of likely N-dealkylation sites (tertiary alicyclic amines) is 1.